The van der Waals surface area contributed by atoms with Crippen molar-refractivity contribution in [3.05, 3.63) is 64.7 Å². The molecule has 2 amide bonds. The zero-order chi connectivity index (χ0) is 20.7. The first-order valence-electron chi connectivity index (χ1n) is 9.63. The number of benzene rings is 2. The van der Waals surface area contributed by atoms with Gasteiger partial charge in [0.05, 0.1) is 0 Å². The van der Waals surface area contributed by atoms with Crippen molar-refractivity contribution in [2.75, 3.05) is 13.7 Å². The SMILES string of the molecule is CC[C@@H](C(=O)NC)N(Cc1cccc(C)c1)C(=O)COc1cccc(C)c1C. The van der Waals surface area contributed by atoms with E-state index in [1.54, 1.807) is 11.9 Å². The van der Waals surface area contributed by atoms with Gasteiger partial charge in [0.25, 0.3) is 5.91 Å². The third kappa shape index (κ3) is 5.35. The maximum atomic E-state index is 13.0. The molecule has 0 aliphatic rings. The van der Waals surface area contributed by atoms with Crippen LogP contribution in [0.5, 0.6) is 5.75 Å². The molecule has 0 fully saturated rings. The Hall–Kier alpha value is -2.82. The van der Waals surface area contributed by atoms with Crippen LogP contribution in [0.4, 0.5) is 0 Å². The van der Waals surface area contributed by atoms with E-state index in [1.807, 2.05) is 70.2 Å². The van der Waals surface area contributed by atoms with Crippen molar-refractivity contribution < 1.29 is 14.3 Å². The number of aryl methyl sites for hydroxylation is 2. The number of hydrogen-bond donors (Lipinski definition) is 1. The van der Waals surface area contributed by atoms with Crippen LogP contribution in [0.1, 0.15) is 35.6 Å². The lowest BCUT2D eigenvalue weighted by Crippen LogP contribution is -2.49. The summed E-state index contributed by atoms with van der Waals surface area (Å²) >= 11 is 0. The van der Waals surface area contributed by atoms with E-state index in [0.29, 0.717) is 18.7 Å². The number of carbonyl (C=O) groups is 2. The molecule has 2 aromatic rings. The molecule has 0 saturated carbocycles. The Morgan fingerprint density at radius 1 is 1.11 bits per heavy atom. The molecule has 0 aliphatic carbocycles. The summed E-state index contributed by atoms with van der Waals surface area (Å²) < 4.78 is 5.81. The van der Waals surface area contributed by atoms with Gasteiger partial charge in [-0.25, -0.2) is 0 Å². The van der Waals surface area contributed by atoms with Crippen LogP contribution in [0.25, 0.3) is 0 Å². The fourth-order valence-corrected chi connectivity index (χ4v) is 3.20. The second-order valence-electron chi connectivity index (χ2n) is 7.04. The molecule has 2 aromatic carbocycles. The Balaban J connectivity index is 2.22. The lowest BCUT2D eigenvalue weighted by molar-refractivity contribution is -0.142. The van der Waals surface area contributed by atoms with Crippen LogP contribution >= 0.6 is 0 Å². The predicted octanol–water partition coefficient (Wildman–Crippen LogP) is 3.54. The summed E-state index contributed by atoms with van der Waals surface area (Å²) in [5.41, 5.74) is 4.23. The lowest BCUT2D eigenvalue weighted by atomic mass is 10.1. The lowest BCUT2D eigenvalue weighted by Gasteiger charge is -2.30. The van der Waals surface area contributed by atoms with E-state index in [-0.39, 0.29) is 18.4 Å². The highest BCUT2D eigenvalue weighted by Gasteiger charge is 2.28. The summed E-state index contributed by atoms with van der Waals surface area (Å²) in [6, 6.07) is 13.2. The molecule has 150 valence electrons. The zero-order valence-corrected chi connectivity index (χ0v) is 17.4. The molecule has 5 heteroatoms. The first-order valence-corrected chi connectivity index (χ1v) is 9.63. The Morgan fingerprint density at radius 3 is 2.46 bits per heavy atom. The molecule has 1 N–H and O–H groups in total. The third-order valence-electron chi connectivity index (χ3n) is 4.97. The zero-order valence-electron chi connectivity index (χ0n) is 17.4. The largest absolute Gasteiger partial charge is 0.483 e. The van der Waals surface area contributed by atoms with Gasteiger partial charge in [-0.1, -0.05) is 48.9 Å². The molecule has 0 spiro atoms. The molecule has 0 aliphatic heterocycles. The smallest absolute Gasteiger partial charge is 0.261 e. The first kappa shape index (κ1) is 21.5. The monoisotopic (exact) mass is 382 g/mol. The third-order valence-corrected chi connectivity index (χ3v) is 4.97. The van der Waals surface area contributed by atoms with E-state index < -0.39 is 6.04 Å². The average Bonchev–Trinajstić information content (AvgIpc) is 2.68. The highest BCUT2D eigenvalue weighted by molar-refractivity contribution is 5.88. The molecule has 0 aromatic heterocycles. The summed E-state index contributed by atoms with van der Waals surface area (Å²) in [4.78, 5) is 27.0. The van der Waals surface area contributed by atoms with E-state index in [1.165, 1.54) is 0 Å². The van der Waals surface area contributed by atoms with Gasteiger partial charge in [0.2, 0.25) is 5.91 Å². The predicted molar refractivity (Wildman–Crippen MR) is 111 cm³/mol. The van der Waals surface area contributed by atoms with Gasteiger partial charge in [-0.15, -0.1) is 0 Å². The standard InChI is InChI=1S/C23H30N2O3/c1-6-20(23(27)24-5)25(14-19-11-7-9-16(2)13-19)22(26)15-28-21-12-8-10-17(3)18(21)4/h7-13,20H,6,14-15H2,1-5H3,(H,24,27)/t20-/m0/s1. The Bertz CT molecular complexity index is 832. The maximum Gasteiger partial charge on any atom is 0.261 e. The molecule has 0 saturated heterocycles. The summed E-state index contributed by atoms with van der Waals surface area (Å²) in [6.07, 6.45) is 0.528. The van der Waals surface area contributed by atoms with Crippen molar-refractivity contribution in [2.24, 2.45) is 0 Å². The van der Waals surface area contributed by atoms with Crippen molar-refractivity contribution in [3.63, 3.8) is 0 Å². The van der Waals surface area contributed by atoms with Gasteiger partial charge >= 0.3 is 0 Å². The topological polar surface area (TPSA) is 58.6 Å². The fraction of sp³-hybridized carbons (Fsp3) is 0.391. The minimum Gasteiger partial charge on any atom is -0.483 e. The molecule has 5 nitrogen and oxygen atoms in total. The quantitative estimate of drug-likeness (QED) is 0.760. The van der Waals surface area contributed by atoms with E-state index in [0.717, 1.165) is 22.3 Å². The number of nitrogens with zero attached hydrogens (tertiary/aromatic N) is 1. The minimum atomic E-state index is -0.541. The fourth-order valence-electron chi connectivity index (χ4n) is 3.20. The second-order valence-corrected chi connectivity index (χ2v) is 7.04. The van der Waals surface area contributed by atoms with Crippen molar-refractivity contribution in [1.82, 2.24) is 10.2 Å². The minimum absolute atomic E-state index is 0.108. The average molecular weight is 383 g/mol. The van der Waals surface area contributed by atoms with Crippen molar-refractivity contribution >= 4 is 11.8 Å². The van der Waals surface area contributed by atoms with Gasteiger partial charge in [0.15, 0.2) is 6.61 Å². The van der Waals surface area contributed by atoms with Crippen LogP contribution < -0.4 is 10.1 Å². The van der Waals surface area contributed by atoms with E-state index >= 15 is 0 Å². The number of nitrogens with one attached hydrogen (secondary N) is 1. The molecule has 28 heavy (non-hydrogen) atoms. The van der Waals surface area contributed by atoms with Crippen LogP contribution in [0.2, 0.25) is 0 Å². The van der Waals surface area contributed by atoms with E-state index in [9.17, 15) is 9.59 Å². The number of likely N-dealkylation sites (N-methyl/N-ethyl adjacent to an activating group) is 1. The van der Waals surface area contributed by atoms with Gasteiger partial charge in [0.1, 0.15) is 11.8 Å². The molecule has 1 atom stereocenters. The summed E-state index contributed by atoms with van der Waals surface area (Å²) in [6.45, 7) is 8.15. The maximum absolute atomic E-state index is 13.0. The Morgan fingerprint density at radius 2 is 1.82 bits per heavy atom. The number of carbonyl (C=O) groups excluding carboxylic acids is 2. The normalized spacial score (nSPS) is 11.6. The summed E-state index contributed by atoms with van der Waals surface area (Å²) in [5, 5.41) is 2.67. The molecule has 2 rings (SSSR count). The molecule has 0 bridgehead atoms. The second kappa shape index (κ2) is 9.93. The molecular weight excluding hydrogens is 352 g/mol. The van der Waals surface area contributed by atoms with E-state index in [2.05, 4.69) is 5.32 Å². The highest BCUT2D eigenvalue weighted by Crippen LogP contribution is 2.21. The van der Waals surface area contributed by atoms with Crippen molar-refractivity contribution in [3.8, 4) is 5.75 Å². The van der Waals surface area contributed by atoms with Crippen LogP contribution in [-0.4, -0.2) is 36.4 Å². The molecule has 0 heterocycles. The van der Waals surface area contributed by atoms with E-state index in [4.69, 9.17) is 4.74 Å². The summed E-state index contributed by atoms with van der Waals surface area (Å²) in [5.74, 6) is 0.310. The van der Waals surface area contributed by atoms with Gasteiger partial charge in [-0.05, 0) is 49.9 Å². The van der Waals surface area contributed by atoms with Crippen LogP contribution in [0, 0.1) is 20.8 Å². The summed E-state index contributed by atoms with van der Waals surface area (Å²) in [7, 11) is 1.59. The van der Waals surface area contributed by atoms with Gasteiger partial charge < -0.3 is 15.0 Å². The van der Waals surface area contributed by atoms with Gasteiger partial charge in [0, 0.05) is 13.6 Å². The number of ether oxygens (including phenoxy) is 1. The van der Waals surface area contributed by atoms with Crippen LogP contribution in [0.3, 0.4) is 0 Å². The van der Waals surface area contributed by atoms with Gasteiger partial charge in [-0.3, -0.25) is 9.59 Å². The number of rotatable bonds is 8. The molecule has 0 radical (unpaired) electrons. The van der Waals surface area contributed by atoms with Crippen LogP contribution in [-0.2, 0) is 16.1 Å². The van der Waals surface area contributed by atoms with Crippen molar-refractivity contribution in [1.29, 1.82) is 0 Å². The Labute approximate surface area is 167 Å². The first-order chi connectivity index (χ1) is 13.4. The number of amides is 2. The highest BCUT2D eigenvalue weighted by atomic mass is 16.5. The van der Waals surface area contributed by atoms with Crippen molar-refractivity contribution in [2.45, 2.75) is 46.7 Å². The molecular formula is C23H30N2O3. The van der Waals surface area contributed by atoms with Crippen LogP contribution in [0.15, 0.2) is 42.5 Å². The Kier molecular flexibility index (Phi) is 7.61. The van der Waals surface area contributed by atoms with Gasteiger partial charge in [-0.2, -0.15) is 0 Å². The molecule has 0 unspecified atom stereocenters. The number of hydrogen-bond acceptors (Lipinski definition) is 3.